The van der Waals surface area contributed by atoms with Crippen LogP contribution in [0.5, 0.6) is 0 Å². The first kappa shape index (κ1) is 23.1. The van der Waals surface area contributed by atoms with E-state index in [1.165, 1.54) is 0 Å². The first-order chi connectivity index (χ1) is 14.4. The average Bonchev–Trinajstić information content (AvgIpc) is 3.23. The second-order valence-corrected chi connectivity index (χ2v) is 9.58. The molecular weight excluding hydrogens is 408 g/mol. The molecule has 0 aliphatic carbocycles. The molecule has 0 aromatic carbocycles. The highest BCUT2D eigenvalue weighted by Gasteiger charge is 2.60. The van der Waals surface area contributed by atoms with Gasteiger partial charge in [-0.15, -0.1) is 0 Å². The van der Waals surface area contributed by atoms with E-state index in [2.05, 4.69) is 0 Å². The Morgan fingerprint density at radius 3 is 0.839 bits per heavy atom. The molecule has 0 spiro atoms. The Hall–Kier alpha value is -2.58. The van der Waals surface area contributed by atoms with Gasteiger partial charge in [0.05, 0.1) is 35.5 Å². The Balaban J connectivity index is 1.96. The molecule has 9 heteroatoms. The van der Waals surface area contributed by atoms with Gasteiger partial charge in [0.2, 0.25) is 0 Å². The lowest BCUT2D eigenvalue weighted by atomic mass is 9.64. The van der Waals surface area contributed by atoms with Crippen molar-refractivity contribution in [3.63, 3.8) is 0 Å². The number of hydrogen-bond donors (Lipinski definition) is 0. The van der Waals surface area contributed by atoms with Crippen LogP contribution >= 0.6 is 0 Å². The molecule has 9 nitrogen and oxygen atoms in total. The smallest absolute Gasteiger partial charge is 0.317 e. The molecule has 8 unspecified atom stereocenters. The van der Waals surface area contributed by atoms with Crippen molar-refractivity contribution in [2.75, 3.05) is 0 Å². The normalized spacial score (nSPS) is 35.6. The summed E-state index contributed by atoms with van der Waals surface area (Å²) in [5, 5.41) is 0. The van der Waals surface area contributed by atoms with Crippen molar-refractivity contribution < 1.29 is 43.0 Å². The molecule has 0 saturated carbocycles. The van der Waals surface area contributed by atoms with Gasteiger partial charge in [0.25, 0.3) is 0 Å². The Kier molecular flexibility index (Phi) is 6.08. The molecular formula is C22H28O9. The molecule has 3 aliphatic heterocycles. The highest BCUT2D eigenvalue weighted by atomic mass is 16.6. The van der Waals surface area contributed by atoms with Gasteiger partial charge in [0.15, 0.2) is 0 Å². The molecule has 0 radical (unpaired) electrons. The second-order valence-electron chi connectivity index (χ2n) is 9.58. The lowest BCUT2D eigenvalue weighted by Crippen LogP contribution is -2.41. The molecule has 170 valence electrons. The zero-order valence-corrected chi connectivity index (χ0v) is 18.4. The van der Waals surface area contributed by atoms with Crippen LogP contribution in [0.3, 0.4) is 0 Å². The van der Waals surface area contributed by atoms with Crippen LogP contribution in [0.1, 0.15) is 41.5 Å². The monoisotopic (exact) mass is 436 g/mol. The predicted octanol–water partition coefficient (Wildman–Crippen LogP) is 1.52. The van der Waals surface area contributed by atoms with Gasteiger partial charge in [-0.1, -0.05) is 41.5 Å². The fourth-order valence-electron chi connectivity index (χ4n) is 5.57. The van der Waals surface area contributed by atoms with Crippen LogP contribution in [0, 0.1) is 59.2 Å². The Bertz CT molecular complexity index is 774. The molecule has 0 amide bonds. The summed E-state index contributed by atoms with van der Waals surface area (Å²) in [6, 6.07) is 0. The van der Waals surface area contributed by atoms with Crippen molar-refractivity contribution in [2.45, 2.75) is 41.5 Å². The van der Waals surface area contributed by atoms with E-state index in [4.69, 9.17) is 14.2 Å². The predicted molar refractivity (Wildman–Crippen MR) is 102 cm³/mol. The van der Waals surface area contributed by atoms with E-state index in [0.29, 0.717) is 0 Å². The van der Waals surface area contributed by atoms with Crippen molar-refractivity contribution in [3.8, 4) is 0 Å². The molecule has 3 rings (SSSR count). The molecule has 3 heterocycles. The third-order valence-electron chi connectivity index (χ3n) is 7.10. The van der Waals surface area contributed by atoms with Gasteiger partial charge < -0.3 is 14.2 Å². The minimum atomic E-state index is -1.05. The molecule has 8 atom stereocenters. The summed E-state index contributed by atoms with van der Waals surface area (Å²) in [6.45, 7) is 10.3. The standard InChI is InChI=1S/C22H28O9/c1-7(2)11-13(19(25)29-17(11)23)9(5)15-16(22(28)31-21(15)27)10(6)14-12(8(3)4)18(24)30-20(14)26/h7-16H,1-6H3. The van der Waals surface area contributed by atoms with Crippen molar-refractivity contribution in [1.29, 1.82) is 0 Å². The largest absolute Gasteiger partial charge is 0.393 e. The molecule has 3 fully saturated rings. The van der Waals surface area contributed by atoms with E-state index >= 15 is 0 Å². The number of esters is 6. The third kappa shape index (κ3) is 3.68. The summed E-state index contributed by atoms with van der Waals surface area (Å²) >= 11 is 0. The first-order valence-electron chi connectivity index (χ1n) is 10.6. The maximum atomic E-state index is 12.7. The van der Waals surface area contributed by atoms with E-state index in [1.807, 2.05) is 0 Å². The SMILES string of the molecule is CC(C)C1C(=O)OC(=O)C1C(C)C1C(=O)OC(=O)C1C(C)C1C(=O)OC(=O)C1C(C)C. The zero-order valence-electron chi connectivity index (χ0n) is 18.4. The van der Waals surface area contributed by atoms with Gasteiger partial charge in [-0.25, -0.2) is 0 Å². The molecule has 31 heavy (non-hydrogen) atoms. The number of rotatable bonds is 6. The summed E-state index contributed by atoms with van der Waals surface area (Å²) in [6.07, 6.45) is 0. The number of cyclic esters (lactones) is 6. The highest BCUT2D eigenvalue weighted by Crippen LogP contribution is 2.48. The summed E-state index contributed by atoms with van der Waals surface area (Å²) in [5.74, 6) is -11.7. The Morgan fingerprint density at radius 1 is 0.419 bits per heavy atom. The summed E-state index contributed by atoms with van der Waals surface area (Å²) < 4.78 is 14.6. The van der Waals surface area contributed by atoms with Gasteiger partial charge >= 0.3 is 35.8 Å². The lowest BCUT2D eigenvalue weighted by Gasteiger charge is -2.32. The topological polar surface area (TPSA) is 130 Å². The number of carbonyl (C=O) groups excluding carboxylic acids is 6. The summed E-state index contributed by atoms with van der Waals surface area (Å²) in [4.78, 5) is 74.7. The van der Waals surface area contributed by atoms with E-state index in [1.54, 1.807) is 41.5 Å². The fourth-order valence-corrected chi connectivity index (χ4v) is 5.57. The molecule has 0 N–H and O–H groups in total. The summed E-state index contributed by atoms with van der Waals surface area (Å²) in [5.41, 5.74) is 0. The van der Waals surface area contributed by atoms with Crippen LogP contribution in [0.15, 0.2) is 0 Å². The van der Waals surface area contributed by atoms with E-state index in [-0.39, 0.29) is 11.8 Å². The second kappa shape index (κ2) is 8.16. The minimum absolute atomic E-state index is 0.219. The zero-order chi connectivity index (χ0) is 23.4. The van der Waals surface area contributed by atoms with Gasteiger partial charge in [-0.05, 0) is 23.7 Å². The van der Waals surface area contributed by atoms with Gasteiger partial charge in [0.1, 0.15) is 0 Å². The maximum Gasteiger partial charge on any atom is 0.317 e. The van der Waals surface area contributed by atoms with Crippen molar-refractivity contribution in [3.05, 3.63) is 0 Å². The molecule has 3 saturated heterocycles. The Labute approximate surface area is 180 Å². The number of carbonyl (C=O) groups is 6. The van der Waals surface area contributed by atoms with Gasteiger partial charge in [0, 0.05) is 0 Å². The minimum Gasteiger partial charge on any atom is -0.393 e. The van der Waals surface area contributed by atoms with Gasteiger partial charge in [-0.2, -0.15) is 0 Å². The lowest BCUT2D eigenvalue weighted by molar-refractivity contribution is -0.156. The maximum absolute atomic E-state index is 12.7. The van der Waals surface area contributed by atoms with Crippen molar-refractivity contribution in [2.24, 2.45) is 59.2 Å². The number of ether oxygens (including phenoxy) is 3. The van der Waals surface area contributed by atoms with Crippen LogP contribution in [-0.4, -0.2) is 35.8 Å². The molecule has 3 aliphatic rings. The van der Waals surface area contributed by atoms with Crippen LogP contribution in [0.4, 0.5) is 0 Å². The van der Waals surface area contributed by atoms with E-state index in [0.717, 1.165) is 0 Å². The van der Waals surface area contributed by atoms with Crippen LogP contribution in [0.2, 0.25) is 0 Å². The van der Waals surface area contributed by atoms with E-state index in [9.17, 15) is 28.8 Å². The molecule has 0 bridgehead atoms. The average molecular weight is 436 g/mol. The van der Waals surface area contributed by atoms with Crippen LogP contribution < -0.4 is 0 Å². The fraction of sp³-hybridized carbons (Fsp3) is 0.727. The van der Waals surface area contributed by atoms with Crippen molar-refractivity contribution in [1.82, 2.24) is 0 Å². The number of hydrogen-bond acceptors (Lipinski definition) is 9. The molecule has 0 aromatic rings. The summed E-state index contributed by atoms with van der Waals surface area (Å²) in [7, 11) is 0. The molecule has 0 aromatic heterocycles. The Morgan fingerprint density at radius 2 is 0.613 bits per heavy atom. The third-order valence-corrected chi connectivity index (χ3v) is 7.10. The van der Waals surface area contributed by atoms with E-state index < -0.39 is 83.2 Å². The van der Waals surface area contributed by atoms with Crippen molar-refractivity contribution >= 4 is 35.8 Å². The highest BCUT2D eigenvalue weighted by molar-refractivity contribution is 6.01. The quantitative estimate of drug-likeness (QED) is 0.345. The first-order valence-corrected chi connectivity index (χ1v) is 10.6. The van der Waals surface area contributed by atoms with Crippen LogP contribution in [0.25, 0.3) is 0 Å². The van der Waals surface area contributed by atoms with Crippen LogP contribution in [-0.2, 0) is 43.0 Å². The van der Waals surface area contributed by atoms with Gasteiger partial charge in [-0.3, -0.25) is 28.8 Å².